The number of rotatable bonds is 3. The van der Waals surface area contributed by atoms with Gasteiger partial charge in [0.05, 0.1) is 0 Å². The Balaban J connectivity index is 1.59. The van der Waals surface area contributed by atoms with E-state index in [-0.39, 0.29) is 11.8 Å². The summed E-state index contributed by atoms with van der Waals surface area (Å²) in [5.41, 5.74) is 0. The molecule has 0 bridgehead atoms. The molecule has 2 aromatic heterocycles. The number of hydrogen-bond donors (Lipinski definition) is 0. The minimum Gasteiger partial charge on any atom is -0.456 e. The van der Waals surface area contributed by atoms with Gasteiger partial charge < -0.3 is 18.6 Å². The fraction of sp³-hybridized carbons (Fsp3) is 0.375. The molecule has 3 heterocycles. The molecule has 1 fully saturated rings. The van der Waals surface area contributed by atoms with E-state index in [0.717, 1.165) is 5.09 Å². The number of nitrogens with zero attached hydrogens (tertiary/aromatic N) is 2. The summed E-state index contributed by atoms with van der Waals surface area (Å²) in [6, 6.07) is 6.93. The topological polar surface area (TPSA) is 66.9 Å². The average molecular weight is 334 g/mol. The predicted octanol–water partition coefficient (Wildman–Crippen LogP) is 2.50. The van der Waals surface area contributed by atoms with Crippen molar-refractivity contribution >= 4 is 23.6 Å². The van der Waals surface area contributed by atoms with Gasteiger partial charge in [-0.05, 0) is 37.4 Å². The van der Waals surface area contributed by atoms with Crippen LogP contribution in [0.2, 0.25) is 0 Å². The van der Waals surface area contributed by atoms with Crippen molar-refractivity contribution in [2.45, 2.75) is 12.0 Å². The van der Waals surface area contributed by atoms with E-state index in [1.54, 1.807) is 41.0 Å². The molecule has 2 aromatic rings. The molecule has 0 aliphatic carbocycles. The van der Waals surface area contributed by atoms with Crippen LogP contribution in [0.1, 0.15) is 26.9 Å². The zero-order valence-corrected chi connectivity index (χ0v) is 13.9. The first-order valence-corrected chi connectivity index (χ1v) is 8.60. The highest BCUT2D eigenvalue weighted by Crippen LogP contribution is 2.20. The average Bonchev–Trinajstić information content (AvgIpc) is 3.22. The molecule has 0 radical (unpaired) electrons. The van der Waals surface area contributed by atoms with Crippen LogP contribution in [0.3, 0.4) is 0 Å². The van der Waals surface area contributed by atoms with Gasteiger partial charge in [-0.15, -0.1) is 0 Å². The Labute approximate surface area is 138 Å². The van der Waals surface area contributed by atoms with Crippen molar-refractivity contribution in [3.05, 3.63) is 41.5 Å². The standard InChI is InChI=1S/C16H18N2O4S/c1-11-3-4-12(21-11)15(19)17-7-9-18(10-8-17)16(20)13-5-6-14(22-13)23-2/h3-6H,7-10H2,1-2H3. The summed E-state index contributed by atoms with van der Waals surface area (Å²) in [6.07, 6.45) is 1.90. The zero-order chi connectivity index (χ0) is 16.4. The van der Waals surface area contributed by atoms with Crippen molar-refractivity contribution in [1.29, 1.82) is 0 Å². The van der Waals surface area contributed by atoms with Crippen molar-refractivity contribution in [1.82, 2.24) is 9.80 Å². The Bertz CT molecular complexity index is 713. The minimum atomic E-state index is -0.133. The van der Waals surface area contributed by atoms with Gasteiger partial charge in [-0.2, -0.15) is 0 Å². The Morgan fingerprint density at radius 3 is 1.87 bits per heavy atom. The van der Waals surface area contributed by atoms with Crippen LogP contribution < -0.4 is 0 Å². The maximum atomic E-state index is 12.4. The maximum absolute atomic E-state index is 12.4. The first-order chi connectivity index (χ1) is 11.1. The van der Waals surface area contributed by atoms with Crippen LogP contribution in [-0.4, -0.2) is 54.0 Å². The van der Waals surface area contributed by atoms with Crippen LogP contribution in [0.15, 0.2) is 38.2 Å². The van der Waals surface area contributed by atoms with Crippen molar-refractivity contribution in [2.75, 3.05) is 32.4 Å². The summed E-state index contributed by atoms with van der Waals surface area (Å²) in [5.74, 6) is 1.14. The fourth-order valence-electron chi connectivity index (χ4n) is 2.52. The number of amides is 2. The number of carbonyl (C=O) groups is 2. The van der Waals surface area contributed by atoms with Crippen LogP contribution >= 0.6 is 11.8 Å². The Morgan fingerprint density at radius 2 is 1.43 bits per heavy atom. The van der Waals surface area contributed by atoms with Gasteiger partial charge in [0.15, 0.2) is 16.6 Å². The van der Waals surface area contributed by atoms with Gasteiger partial charge in [-0.1, -0.05) is 11.8 Å². The molecule has 0 aromatic carbocycles. The lowest BCUT2D eigenvalue weighted by molar-refractivity contribution is 0.0499. The molecule has 23 heavy (non-hydrogen) atoms. The summed E-state index contributed by atoms with van der Waals surface area (Å²) in [4.78, 5) is 28.1. The van der Waals surface area contributed by atoms with Gasteiger partial charge in [0, 0.05) is 26.2 Å². The number of hydrogen-bond acceptors (Lipinski definition) is 5. The molecule has 3 rings (SSSR count). The summed E-state index contributed by atoms with van der Waals surface area (Å²) < 4.78 is 10.8. The van der Waals surface area contributed by atoms with Crippen LogP contribution in [0, 0.1) is 6.92 Å². The fourth-order valence-corrected chi connectivity index (χ4v) is 2.90. The van der Waals surface area contributed by atoms with E-state index in [0.29, 0.717) is 43.5 Å². The Kier molecular flexibility index (Phi) is 4.47. The molecule has 0 unspecified atom stereocenters. The highest BCUT2D eigenvalue weighted by Gasteiger charge is 2.28. The number of thioether (sulfide) groups is 1. The molecular weight excluding hydrogens is 316 g/mol. The van der Waals surface area contributed by atoms with Crippen molar-refractivity contribution in [3.63, 3.8) is 0 Å². The number of carbonyl (C=O) groups excluding carboxylic acids is 2. The van der Waals surface area contributed by atoms with E-state index in [9.17, 15) is 9.59 Å². The van der Waals surface area contributed by atoms with Crippen molar-refractivity contribution in [2.24, 2.45) is 0 Å². The summed E-state index contributed by atoms with van der Waals surface area (Å²) in [5, 5.41) is 0.718. The summed E-state index contributed by atoms with van der Waals surface area (Å²) >= 11 is 1.46. The van der Waals surface area contributed by atoms with Gasteiger partial charge in [-0.25, -0.2) is 0 Å². The van der Waals surface area contributed by atoms with Gasteiger partial charge in [0.2, 0.25) is 0 Å². The third-order valence-electron chi connectivity index (χ3n) is 3.80. The Hall–Kier alpha value is -2.15. The highest BCUT2D eigenvalue weighted by molar-refractivity contribution is 7.98. The molecule has 122 valence electrons. The lowest BCUT2D eigenvalue weighted by Crippen LogP contribution is -2.50. The van der Waals surface area contributed by atoms with Crippen molar-refractivity contribution < 1.29 is 18.4 Å². The second kappa shape index (κ2) is 6.54. The molecule has 2 amide bonds. The van der Waals surface area contributed by atoms with Gasteiger partial charge in [0.25, 0.3) is 11.8 Å². The molecular formula is C16H18N2O4S. The minimum absolute atomic E-state index is 0.132. The third kappa shape index (κ3) is 3.29. The van der Waals surface area contributed by atoms with Crippen LogP contribution in [0.4, 0.5) is 0 Å². The first kappa shape index (κ1) is 15.7. The van der Waals surface area contributed by atoms with Crippen LogP contribution in [-0.2, 0) is 0 Å². The van der Waals surface area contributed by atoms with E-state index >= 15 is 0 Å². The van der Waals surface area contributed by atoms with Gasteiger partial charge >= 0.3 is 0 Å². The second-order valence-electron chi connectivity index (χ2n) is 5.32. The predicted molar refractivity (Wildman–Crippen MR) is 85.7 cm³/mol. The lowest BCUT2D eigenvalue weighted by atomic mass is 10.2. The largest absolute Gasteiger partial charge is 0.456 e. The van der Waals surface area contributed by atoms with E-state index in [1.807, 2.05) is 6.26 Å². The van der Waals surface area contributed by atoms with Crippen LogP contribution in [0.25, 0.3) is 0 Å². The molecule has 1 aliphatic rings. The lowest BCUT2D eigenvalue weighted by Gasteiger charge is -2.33. The maximum Gasteiger partial charge on any atom is 0.289 e. The summed E-state index contributed by atoms with van der Waals surface area (Å²) in [7, 11) is 0. The van der Waals surface area contributed by atoms with E-state index in [2.05, 4.69) is 0 Å². The molecule has 0 saturated carbocycles. The second-order valence-corrected chi connectivity index (χ2v) is 6.13. The van der Waals surface area contributed by atoms with E-state index < -0.39 is 0 Å². The smallest absolute Gasteiger partial charge is 0.289 e. The third-order valence-corrected chi connectivity index (χ3v) is 4.42. The molecule has 7 heteroatoms. The van der Waals surface area contributed by atoms with Gasteiger partial charge in [0.1, 0.15) is 5.76 Å². The van der Waals surface area contributed by atoms with E-state index in [4.69, 9.17) is 8.83 Å². The molecule has 1 aliphatic heterocycles. The first-order valence-electron chi connectivity index (χ1n) is 7.37. The highest BCUT2D eigenvalue weighted by atomic mass is 32.2. The monoisotopic (exact) mass is 334 g/mol. The van der Waals surface area contributed by atoms with Gasteiger partial charge in [-0.3, -0.25) is 9.59 Å². The molecule has 0 N–H and O–H groups in total. The van der Waals surface area contributed by atoms with E-state index in [1.165, 1.54) is 11.8 Å². The van der Waals surface area contributed by atoms with Crippen molar-refractivity contribution in [3.8, 4) is 0 Å². The zero-order valence-electron chi connectivity index (χ0n) is 13.1. The quantitative estimate of drug-likeness (QED) is 0.807. The number of aryl methyl sites for hydroxylation is 1. The number of furan rings is 2. The molecule has 6 nitrogen and oxygen atoms in total. The molecule has 0 spiro atoms. The van der Waals surface area contributed by atoms with Crippen LogP contribution in [0.5, 0.6) is 0 Å². The molecule has 1 saturated heterocycles. The SMILES string of the molecule is CSc1ccc(C(=O)N2CCN(C(=O)c3ccc(C)o3)CC2)o1. The summed E-state index contributed by atoms with van der Waals surface area (Å²) in [6.45, 7) is 3.75. The normalized spacial score (nSPS) is 15.0. The number of piperazine rings is 1. The molecule has 0 atom stereocenters. The Morgan fingerprint density at radius 1 is 0.913 bits per heavy atom.